The Labute approximate surface area is 90.6 Å². The molecule has 0 aliphatic carbocycles. The Morgan fingerprint density at radius 1 is 1.50 bits per heavy atom. The number of methoxy groups -OCH3 is 1. The van der Waals surface area contributed by atoms with E-state index in [-0.39, 0.29) is 0 Å². The fraction of sp³-hybridized carbons (Fsp3) is 0.500. The van der Waals surface area contributed by atoms with Gasteiger partial charge < -0.3 is 4.74 Å². The number of hydrogen-bond acceptors (Lipinski definition) is 4. The summed E-state index contributed by atoms with van der Waals surface area (Å²) in [6.45, 7) is 3.93. The average Bonchev–Trinajstić information content (AvgIpc) is 2.19. The number of rotatable bonds is 5. The molecule has 0 unspecified atom stereocenters. The standard InChI is InChI=1S/C10H16N2OS/c1-3-6-12(14)8-9-4-5-10(13-2)11-7-9/h4-5,7,14H,3,6,8H2,1-2H3. The first-order valence-electron chi connectivity index (χ1n) is 4.69. The summed E-state index contributed by atoms with van der Waals surface area (Å²) >= 11 is 4.34. The monoisotopic (exact) mass is 212 g/mol. The van der Waals surface area contributed by atoms with Gasteiger partial charge in [-0.2, -0.15) is 0 Å². The quantitative estimate of drug-likeness (QED) is 0.757. The summed E-state index contributed by atoms with van der Waals surface area (Å²) in [5.74, 6) is 0.648. The highest BCUT2D eigenvalue weighted by Crippen LogP contribution is 2.10. The second-order valence-electron chi connectivity index (χ2n) is 3.10. The van der Waals surface area contributed by atoms with Gasteiger partial charge in [-0.3, -0.25) is 0 Å². The van der Waals surface area contributed by atoms with Gasteiger partial charge in [0.1, 0.15) is 0 Å². The van der Waals surface area contributed by atoms with Crippen molar-refractivity contribution in [2.45, 2.75) is 19.9 Å². The Kier molecular flexibility index (Phi) is 4.76. The lowest BCUT2D eigenvalue weighted by Crippen LogP contribution is -2.12. The molecule has 0 N–H and O–H groups in total. The summed E-state index contributed by atoms with van der Waals surface area (Å²) in [7, 11) is 1.62. The van der Waals surface area contributed by atoms with Crippen LogP contribution in [0.25, 0.3) is 0 Å². The highest BCUT2D eigenvalue weighted by molar-refractivity contribution is 7.77. The first-order chi connectivity index (χ1) is 6.76. The molecule has 0 saturated heterocycles. The van der Waals surface area contributed by atoms with Gasteiger partial charge in [-0.1, -0.05) is 25.8 Å². The van der Waals surface area contributed by atoms with Crippen LogP contribution in [0.2, 0.25) is 0 Å². The molecule has 0 radical (unpaired) electrons. The third-order valence-corrected chi connectivity index (χ3v) is 2.19. The zero-order valence-corrected chi connectivity index (χ0v) is 9.50. The first-order valence-corrected chi connectivity index (χ1v) is 5.09. The molecule has 0 atom stereocenters. The predicted octanol–water partition coefficient (Wildman–Crippen LogP) is 2.15. The van der Waals surface area contributed by atoms with Gasteiger partial charge in [0.25, 0.3) is 0 Å². The Hall–Kier alpha value is -0.740. The molecule has 0 aliphatic heterocycles. The van der Waals surface area contributed by atoms with Crippen molar-refractivity contribution >= 4 is 12.8 Å². The SMILES string of the molecule is CCCN(S)Cc1ccc(OC)nc1. The fourth-order valence-electron chi connectivity index (χ4n) is 1.17. The molecule has 3 nitrogen and oxygen atoms in total. The number of hydrogen-bond donors (Lipinski definition) is 1. The topological polar surface area (TPSA) is 25.4 Å². The molecule has 0 saturated carbocycles. The van der Waals surface area contributed by atoms with Gasteiger partial charge in [-0.25, -0.2) is 9.29 Å². The molecular formula is C10H16N2OS. The molecule has 1 heterocycles. The van der Waals surface area contributed by atoms with Gasteiger partial charge in [0.15, 0.2) is 0 Å². The van der Waals surface area contributed by atoms with Crippen LogP contribution in [0.15, 0.2) is 18.3 Å². The van der Waals surface area contributed by atoms with Crippen molar-refractivity contribution < 1.29 is 4.74 Å². The van der Waals surface area contributed by atoms with E-state index in [1.54, 1.807) is 7.11 Å². The number of ether oxygens (including phenoxy) is 1. The molecule has 0 spiro atoms. The molecule has 0 aromatic carbocycles. The van der Waals surface area contributed by atoms with E-state index < -0.39 is 0 Å². The van der Waals surface area contributed by atoms with Crippen molar-refractivity contribution in [2.75, 3.05) is 13.7 Å². The van der Waals surface area contributed by atoms with Gasteiger partial charge in [0.2, 0.25) is 5.88 Å². The van der Waals surface area contributed by atoms with Crippen LogP contribution in [0.5, 0.6) is 5.88 Å². The van der Waals surface area contributed by atoms with E-state index in [0.29, 0.717) is 5.88 Å². The van der Waals surface area contributed by atoms with Crippen molar-refractivity contribution in [3.05, 3.63) is 23.9 Å². The van der Waals surface area contributed by atoms with E-state index in [0.717, 1.165) is 25.1 Å². The number of pyridine rings is 1. The van der Waals surface area contributed by atoms with Gasteiger partial charge in [-0.15, -0.1) is 0 Å². The van der Waals surface area contributed by atoms with Crippen molar-refractivity contribution in [1.82, 2.24) is 9.29 Å². The van der Waals surface area contributed by atoms with Crippen LogP contribution in [0, 0.1) is 0 Å². The smallest absolute Gasteiger partial charge is 0.212 e. The summed E-state index contributed by atoms with van der Waals surface area (Å²) in [5, 5.41) is 0. The summed E-state index contributed by atoms with van der Waals surface area (Å²) in [6.07, 6.45) is 2.92. The number of thiol groups is 1. The summed E-state index contributed by atoms with van der Waals surface area (Å²) in [4.78, 5) is 4.13. The van der Waals surface area contributed by atoms with Crippen LogP contribution >= 0.6 is 12.8 Å². The van der Waals surface area contributed by atoms with Crippen LogP contribution in [0.3, 0.4) is 0 Å². The summed E-state index contributed by atoms with van der Waals surface area (Å²) in [6, 6.07) is 3.87. The van der Waals surface area contributed by atoms with E-state index in [2.05, 4.69) is 24.7 Å². The number of nitrogens with zero attached hydrogens (tertiary/aromatic N) is 2. The maximum absolute atomic E-state index is 4.98. The highest BCUT2D eigenvalue weighted by atomic mass is 32.1. The van der Waals surface area contributed by atoms with Gasteiger partial charge in [-0.05, 0) is 12.0 Å². The third-order valence-electron chi connectivity index (χ3n) is 1.85. The van der Waals surface area contributed by atoms with Crippen molar-refractivity contribution in [2.24, 2.45) is 0 Å². The van der Waals surface area contributed by atoms with Gasteiger partial charge >= 0.3 is 0 Å². The highest BCUT2D eigenvalue weighted by Gasteiger charge is 2.00. The Morgan fingerprint density at radius 2 is 2.29 bits per heavy atom. The third kappa shape index (κ3) is 3.55. The zero-order chi connectivity index (χ0) is 10.4. The fourth-order valence-corrected chi connectivity index (χ4v) is 1.54. The lowest BCUT2D eigenvalue weighted by atomic mass is 10.3. The van der Waals surface area contributed by atoms with Crippen molar-refractivity contribution in [3.8, 4) is 5.88 Å². The molecule has 0 aliphatic rings. The molecule has 78 valence electrons. The summed E-state index contributed by atoms with van der Waals surface area (Å²) < 4.78 is 6.95. The zero-order valence-electron chi connectivity index (χ0n) is 8.60. The molecular weight excluding hydrogens is 196 g/mol. The van der Waals surface area contributed by atoms with Crippen LogP contribution in [0.4, 0.5) is 0 Å². The molecule has 4 heteroatoms. The Morgan fingerprint density at radius 3 is 2.79 bits per heavy atom. The molecule has 1 aromatic heterocycles. The Balaban J connectivity index is 2.50. The van der Waals surface area contributed by atoms with E-state index in [9.17, 15) is 0 Å². The van der Waals surface area contributed by atoms with E-state index >= 15 is 0 Å². The van der Waals surface area contributed by atoms with Crippen LogP contribution in [-0.2, 0) is 6.54 Å². The largest absolute Gasteiger partial charge is 0.481 e. The Bertz CT molecular complexity index is 263. The van der Waals surface area contributed by atoms with Crippen LogP contribution < -0.4 is 4.74 Å². The van der Waals surface area contributed by atoms with E-state index in [4.69, 9.17) is 4.74 Å². The maximum Gasteiger partial charge on any atom is 0.212 e. The summed E-state index contributed by atoms with van der Waals surface area (Å²) in [5.41, 5.74) is 1.15. The second kappa shape index (κ2) is 5.88. The van der Waals surface area contributed by atoms with Crippen LogP contribution in [-0.4, -0.2) is 22.9 Å². The van der Waals surface area contributed by atoms with Crippen molar-refractivity contribution in [3.63, 3.8) is 0 Å². The minimum absolute atomic E-state index is 0.648. The molecule has 1 rings (SSSR count). The lowest BCUT2D eigenvalue weighted by Gasteiger charge is -2.13. The second-order valence-corrected chi connectivity index (χ2v) is 3.66. The van der Waals surface area contributed by atoms with Gasteiger partial charge in [0.05, 0.1) is 7.11 Å². The number of aromatic nitrogens is 1. The lowest BCUT2D eigenvalue weighted by molar-refractivity contribution is 0.396. The minimum atomic E-state index is 0.648. The van der Waals surface area contributed by atoms with Crippen molar-refractivity contribution in [1.29, 1.82) is 0 Å². The molecule has 1 aromatic rings. The van der Waals surface area contributed by atoms with E-state index in [1.165, 1.54) is 0 Å². The van der Waals surface area contributed by atoms with Gasteiger partial charge in [0, 0.05) is 25.4 Å². The molecule has 0 fully saturated rings. The normalized spacial score (nSPS) is 10.6. The molecule has 0 bridgehead atoms. The minimum Gasteiger partial charge on any atom is -0.481 e. The molecule has 0 amide bonds. The first kappa shape index (κ1) is 11.3. The average molecular weight is 212 g/mol. The molecule has 14 heavy (non-hydrogen) atoms. The van der Waals surface area contributed by atoms with Crippen LogP contribution in [0.1, 0.15) is 18.9 Å². The maximum atomic E-state index is 4.98. The predicted molar refractivity (Wildman–Crippen MR) is 60.5 cm³/mol. The van der Waals surface area contributed by atoms with E-state index in [1.807, 2.05) is 22.6 Å².